The minimum atomic E-state index is 0.352. The molecule has 3 aromatic rings. The van der Waals surface area contributed by atoms with Crippen LogP contribution in [0.4, 0.5) is 11.6 Å². The molecule has 8 heteroatoms. The Morgan fingerprint density at radius 1 is 1.00 bits per heavy atom. The van der Waals surface area contributed by atoms with E-state index >= 15 is 0 Å². The Labute approximate surface area is 188 Å². The molecule has 30 heavy (non-hydrogen) atoms. The number of nitrogens with zero attached hydrogens (tertiary/aromatic N) is 2. The summed E-state index contributed by atoms with van der Waals surface area (Å²) in [5, 5.41) is 5.46. The van der Waals surface area contributed by atoms with Crippen LogP contribution >= 0.6 is 23.2 Å². The summed E-state index contributed by atoms with van der Waals surface area (Å²) < 4.78 is 10.6. The smallest absolute Gasteiger partial charge is 0.141 e. The summed E-state index contributed by atoms with van der Waals surface area (Å²) in [6.45, 7) is 8.25. The Morgan fingerprint density at radius 2 is 1.53 bits per heavy atom. The first-order chi connectivity index (χ1) is 14.4. The van der Waals surface area contributed by atoms with Crippen LogP contribution in [0.15, 0.2) is 24.4 Å². The molecule has 0 amide bonds. The van der Waals surface area contributed by atoms with Crippen LogP contribution in [0.5, 0.6) is 11.5 Å². The van der Waals surface area contributed by atoms with Gasteiger partial charge in [0.2, 0.25) is 0 Å². The number of ether oxygens (including phenoxy) is 2. The van der Waals surface area contributed by atoms with Gasteiger partial charge in [-0.15, -0.1) is 0 Å². The maximum atomic E-state index is 6.49. The molecule has 0 spiro atoms. The van der Waals surface area contributed by atoms with Crippen LogP contribution < -0.4 is 20.5 Å². The molecule has 1 aromatic carbocycles. The zero-order valence-electron chi connectivity index (χ0n) is 18.6. The van der Waals surface area contributed by atoms with E-state index in [0.29, 0.717) is 44.4 Å². The molecule has 6 nitrogen and oxygen atoms in total. The van der Waals surface area contributed by atoms with Crippen LogP contribution in [0, 0.1) is 0 Å². The van der Waals surface area contributed by atoms with Gasteiger partial charge in [0.05, 0.1) is 30.0 Å². The van der Waals surface area contributed by atoms with Crippen molar-refractivity contribution in [2.45, 2.75) is 34.1 Å². The average Bonchev–Trinajstić information content (AvgIpc) is 2.75. The van der Waals surface area contributed by atoms with Crippen LogP contribution in [-0.4, -0.2) is 31.2 Å². The quantitative estimate of drug-likeness (QED) is 0.458. The van der Waals surface area contributed by atoms with Gasteiger partial charge < -0.3 is 20.5 Å². The third-order valence-electron chi connectivity index (χ3n) is 3.80. The fourth-order valence-corrected chi connectivity index (χ4v) is 3.29. The van der Waals surface area contributed by atoms with Crippen molar-refractivity contribution in [2.24, 2.45) is 0 Å². The predicted molar refractivity (Wildman–Crippen MR) is 129 cm³/mol. The number of aromatic nitrogens is 2. The molecule has 2 heterocycles. The molecule has 0 saturated heterocycles. The van der Waals surface area contributed by atoms with Gasteiger partial charge in [0.1, 0.15) is 23.1 Å². The van der Waals surface area contributed by atoms with Crippen molar-refractivity contribution in [1.29, 1.82) is 0 Å². The van der Waals surface area contributed by atoms with E-state index in [-0.39, 0.29) is 0 Å². The van der Waals surface area contributed by atoms with Gasteiger partial charge in [-0.1, -0.05) is 57.3 Å². The van der Waals surface area contributed by atoms with Gasteiger partial charge in [-0.25, -0.2) is 9.97 Å². The third-order valence-corrected chi connectivity index (χ3v) is 4.55. The number of methoxy groups -OCH3 is 2. The predicted octanol–water partition coefficient (Wildman–Crippen LogP) is 6.69. The second-order valence-electron chi connectivity index (χ2n) is 5.93. The highest BCUT2D eigenvalue weighted by Gasteiger charge is 2.21. The van der Waals surface area contributed by atoms with Crippen molar-refractivity contribution in [3.63, 3.8) is 0 Å². The number of nitrogens with one attached hydrogen (secondary N) is 1. The largest absolute Gasteiger partial charge is 0.495 e. The van der Waals surface area contributed by atoms with Gasteiger partial charge in [-0.2, -0.15) is 0 Å². The zero-order chi connectivity index (χ0) is 22.8. The maximum Gasteiger partial charge on any atom is 0.141 e. The van der Waals surface area contributed by atoms with Crippen molar-refractivity contribution < 1.29 is 9.47 Å². The first-order valence-electron chi connectivity index (χ1n) is 9.76. The van der Waals surface area contributed by atoms with E-state index < -0.39 is 0 Å². The molecule has 0 fully saturated rings. The van der Waals surface area contributed by atoms with E-state index in [2.05, 4.69) is 29.1 Å². The maximum absolute atomic E-state index is 6.49. The number of benzene rings is 1. The molecular weight excluding hydrogens is 423 g/mol. The second-order valence-corrected chi connectivity index (χ2v) is 6.68. The number of anilines is 2. The zero-order valence-corrected chi connectivity index (χ0v) is 20.1. The lowest BCUT2D eigenvalue weighted by Crippen LogP contribution is -1.99. The van der Waals surface area contributed by atoms with E-state index in [1.807, 2.05) is 19.9 Å². The summed E-state index contributed by atoms with van der Waals surface area (Å²) in [5.74, 6) is 1.94. The number of nitrogens with two attached hydrogens (primary N) is 1. The minimum Gasteiger partial charge on any atom is -0.495 e. The summed E-state index contributed by atoms with van der Waals surface area (Å²) in [5.41, 5.74) is 6.87. The number of rotatable bonds is 4. The highest BCUT2D eigenvalue weighted by molar-refractivity contribution is 6.41. The molecule has 0 unspecified atom stereocenters. The average molecular weight is 453 g/mol. The van der Waals surface area contributed by atoms with Crippen molar-refractivity contribution in [1.82, 2.24) is 9.97 Å². The number of hydrogen-bond donors (Lipinski definition) is 2. The molecule has 0 radical (unpaired) electrons. The standard InChI is InChI=1S/C17H16Cl2N4O2.C3H8.C2H6/c1-21-17-9-5-13(20)22-7-8(9)4-10(23-17)14-15(18)11(24-2)6-12(25-3)16(14)19;1-3-2;1-2/h4-7H,1-3H3,(H2,20,22)(H,21,23);3H2,1-2H3;1-2H3. The van der Waals surface area contributed by atoms with E-state index in [9.17, 15) is 0 Å². The third kappa shape index (κ3) is 5.58. The van der Waals surface area contributed by atoms with E-state index in [4.69, 9.17) is 38.4 Å². The number of fused-ring (bicyclic) bond motifs is 1. The van der Waals surface area contributed by atoms with Gasteiger partial charge in [0, 0.05) is 35.6 Å². The van der Waals surface area contributed by atoms with Crippen LogP contribution in [0.3, 0.4) is 0 Å². The van der Waals surface area contributed by atoms with Crippen LogP contribution in [-0.2, 0) is 0 Å². The summed E-state index contributed by atoms with van der Waals surface area (Å²) in [4.78, 5) is 8.77. The lowest BCUT2D eigenvalue weighted by Gasteiger charge is -2.16. The van der Waals surface area contributed by atoms with Gasteiger partial charge in [-0.05, 0) is 12.1 Å². The van der Waals surface area contributed by atoms with Crippen molar-refractivity contribution >= 4 is 45.6 Å². The Morgan fingerprint density at radius 3 is 2.00 bits per heavy atom. The first-order valence-corrected chi connectivity index (χ1v) is 10.5. The summed E-state index contributed by atoms with van der Waals surface area (Å²) >= 11 is 13.0. The summed E-state index contributed by atoms with van der Waals surface area (Å²) in [6.07, 6.45) is 2.93. The molecule has 0 saturated carbocycles. The number of halogens is 2. The number of nitrogen functional groups attached to an aromatic ring is 1. The molecule has 164 valence electrons. The number of hydrogen-bond acceptors (Lipinski definition) is 6. The van der Waals surface area contributed by atoms with Crippen LogP contribution in [0.2, 0.25) is 10.0 Å². The van der Waals surface area contributed by atoms with Crippen LogP contribution in [0.25, 0.3) is 22.0 Å². The Hall–Kier alpha value is -2.44. The fraction of sp³-hybridized carbons (Fsp3) is 0.364. The first kappa shape index (κ1) is 25.6. The van der Waals surface area contributed by atoms with Crippen molar-refractivity contribution in [3.05, 3.63) is 34.4 Å². The molecular formula is C22H30Cl2N4O2. The Balaban J connectivity index is 0.000000826. The molecule has 3 N–H and O–H groups in total. The van der Waals surface area contributed by atoms with E-state index in [1.54, 1.807) is 25.4 Å². The summed E-state index contributed by atoms with van der Waals surface area (Å²) in [7, 11) is 4.83. The lowest BCUT2D eigenvalue weighted by molar-refractivity contribution is 0.395. The molecule has 3 rings (SSSR count). The van der Waals surface area contributed by atoms with Gasteiger partial charge in [0.25, 0.3) is 0 Å². The molecule has 0 bridgehead atoms. The minimum absolute atomic E-state index is 0.352. The summed E-state index contributed by atoms with van der Waals surface area (Å²) in [6, 6.07) is 5.23. The SMILES string of the molecule is CC.CCC.CNc1nc(-c2c(Cl)c(OC)cc(OC)c2Cl)cc2cnc(N)cc12. The number of pyridine rings is 2. The van der Waals surface area contributed by atoms with E-state index in [0.717, 1.165) is 10.8 Å². The molecule has 2 aromatic heterocycles. The highest BCUT2D eigenvalue weighted by atomic mass is 35.5. The topological polar surface area (TPSA) is 82.3 Å². The molecule has 0 aliphatic heterocycles. The van der Waals surface area contributed by atoms with Gasteiger partial charge >= 0.3 is 0 Å². The Bertz CT molecular complexity index is 953. The van der Waals surface area contributed by atoms with Gasteiger partial charge in [0.15, 0.2) is 0 Å². The second kappa shape index (κ2) is 12.3. The van der Waals surface area contributed by atoms with Crippen LogP contribution in [0.1, 0.15) is 34.1 Å². The monoisotopic (exact) mass is 452 g/mol. The molecule has 0 atom stereocenters. The fourth-order valence-electron chi connectivity index (χ4n) is 2.59. The van der Waals surface area contributed by atoms with Crippen molar-refractivity contribution in [3.8, 4) is 22.8 Å². The van der Waals surface area contributed by atoms with E-state index in [1.165, 1.54) is 20.6 Å². The van der Waals surface area contributed by atoms with Gasteiger partial charge in [-0.3, -0.25) is 0 Å². The van der Waals surface area contributed by atoms with Crippen molar-refractivity contribution in [2.75, 3.05) is 32.3 Å². The normalized spacial score (nSPS) is 9.77. The highest BCUT2D eigenvalue weighted by Crippen LogP contribution is 2.46. The molecule has 0 aliphatic carbocycles. The Kier molecular flexibility index (Phi) is 10.5. The lowest BCUT2D eigenvalue weighted by atomic mass is 10.1. The molecule has 0 aliphatic rings.